The molecule has 8 nitrogen and oxygen atoms in total. The van der Waals surface area contributed by atoms with Crippen LogP contribution in [0.5, 0.6) is 5.75 Å². The third kappa shape index (κ3) is 3.90. The summed E-state index contributed by atoms with van der Waals surface area (Å²) < 4.78 is 33.4. The minimum Gasteiger partial charge on any atom is -0.479 e. The summed E-state index contributed by atoms with van der Waals surface area (Å²) in [5.74, 6) is -0.274. The number of aryl methyl sites for hydroxylation is 1. The van der Waals surface area contributed by atoms with Gasteiger partial charge in [0.15, 0.2) is 6.10 Å². The van der Waals surface area contributed by atoms with E-state index in [1.165, 1.54) is 22.5 Å². The molecule has 0 spiro atoms. The average Bonchev–Trinajstić information content (AvgIpc) is 3.23. The van der Waals surface area contributed by atoms with Crippen molar-refractivity contribution in [3.63, 3.8) is 0 Å². The summed E-state index contributed by atoms with van der Waals surface area (Å²) in [6.45, 7) is 5.74. The Balaban J connectivity index is 1.59. The lowest BCUT2D eigenvalue weighted by molar-refractivity contribution is -0.122. The zero-order valence-corrected chi connectivity index (χ0v) is 18.5. The molecule has 2 aromatic carbocycles. The molecule has 0 radical (unpaired) electrons. The van der Waals surface area contributed by atoms with E-state index in [2.05, 4.69) is 10.6 Å². The van der Waals surface area contributed by atoms with E-state index in [-0.39, 0.29) is 23.3 Å². The number of nitrogens with zero attached hydrogens (tertiary/aromatic N) is 1. The number of amides is 2. The van der Waals surface area contributed by atoms with E-state index < -0.39 is 22.2 Å². The van der Waals surface area contributed by atoms with E-state index in [1.54, 1.807) is 13.0 Å². The van der Waals surface area contributed by atoms with Crippen LogP contribution in [-0.2, 0) is 19.6 Å². The lowest BCUT2D eigenvalue weighted by atomic mass is 10.1. The van der Waals surface area contributed by atoms with Crippen LogP contribution in [-0.4, -0.2) is 43.2 Å². The first-order valence-electron chi connectivity index (χ1n) is 10.2. The first-order chi connectivity index (χ1) is 14.7. The Labute approximate surface area is 181 Å². The van der Waals surface area contributed by atoms with E-state index in [4.69, 9.17) is 4.74 Å². The van der Waals surface area contributed by atoms with Gasteiger partial charge in [-0.1, -0.05) is 12.1 Å². The van der Waals surface area contributed by atoms with Crippen molar-refractivity contribution in [2.24, 2.45) is 0 Å². The first-order valence-corrected chi connectivity index (χ1v) is 11.6. The van der Waals surface area contributed by atoms with Crippen LogP contribution in [0.15, 0.2) is 41.3 Å². The molecule has 2 amide bonds. The third-order valence-corrected chi connectivity index (χ3v) is 7.76. The molecule has 2 atom stereocenters. The second-order valence-corrected chi connectivity index (χ2v) is 9.81. The largest absolute Gasteiger partial charge is 0.479 e. The molecule has 1 fully saturated rings. The molecule has 2 heterocycles. The van der Waals surface area contributed by atoms with E-state index in [0.29, 0.717) is 30.0 Å². The van der Waals surface area contributed by atoms with E-state index in [0.717, 1.165) is 11.1 Å². The van der Waals surface area contributed by atoms with Gasteiger partial charge in [0.05, 0.1) is 10.6 Å². The number of hydrogen-bond donors (Lipinski definition) is 2. The summed E-state index contributed by atoms with van der Waals surface area (Å²) >= 11 is 0. The van der Waals surface area contributed by atoms with Crippen molar-refractivity contribution in [2.75, 3.05) is 17.2 Å². The fraction of sp³-hybridized carbons (Fsp3) is 0.364. The van der Waals surface area contributed by atoms with Crippen molar-refractivity contribution >= 4 is 33.2 Å². The topological polar surface area (TPSA) is 105 Å². The smallest absolute Gasteiger partial charge is 0.265 e. The number of rotatable bonds is 4. The normalized spacial score (nSPS) is 21.2. The van der Waals surface area contributed by atoms with Gasteiger partial charge in [-0.2, -0.15) is 4.31 Å². The van der Waals surface area contributed by atoms with Gasteiger partial charge in [0.25, 0.3) is 5.91 Å². The summed E-state index contributed by atoms with van der Waals surface area (Å²) in [4.78, 5) is 24.9. The molecular formula is C22H25N3O5S. The minimum atomic E-state index is -3.94. The Bertz CT molecular complexity index is 1160. The van der Waals surface area contributed by atoms with Gasteiger partial charge in [-0.15, -0.1) is 0 Å². The predicted molar refractivity (Wildman–Crippen MR) is 117 cm³/mol. The lowest BCUT2D eigenvalue weighted by Crippen LogP contribution is -2.43. The molecule has 9 heteroatoms. The molecule has 0 bridgehead atoms. The van der Waals surface area contributed by atoms with E-state index in [1.807, 2.05) is 26.0 Å². The summed E-state index contributed by atoms with van der Waals surface area (Å²) in [5, 5.41) is 5.55. The van der Waals surface area contributed by atoms with Crippen molar-refractivity contribution in [1.29, 1.82) is 0 Å². The van der Waals surface area contributed by atoms with Crippen LogP contribution in [0, 0.1) is 13.8 Å². The Morgan fingerprint density at radius 2 is 2.00 bits per heavy atom. The average molecular weight is 444 g/mol. The molecule has 0 aliphatic carbocycles. The molecule has 0 aromatic heterocycles. The monoisotopic (exact) mass is 443 g/mol. The predicted octanol–water partition coefficient (Wildman–Crippen LogP) is 2.81. The Hall–Kier alpha value is -2.91. The van der Waals surface area contributed by atoms with Crippen LogP contribution in [0.2, 0.25) is 0 Å². The molecule has 31 heavy (non-hydrogen) atoms. The summed E-state index contributed by atoms with van der Waals surface area (Å²) in [5.41, 5.74) is 2.97. The minimum absolute atomic E-state index is 0.0103. The lowest BCUT2D eigenvalue weighted by Gasteiger charge is -2.26. The van der Waals surface area contributed by atoms with Crippen molar-refractivity contribution in [3.05, 3.63) is 47.5 Å². The van der Waals surface area contributed by atoms with Crippen LogP contribution < -0.4 is 15.4 Å². The van der Waals surface area contributed by atoms with Crippen molar-refractivity contribution < 1.29 is 22.7 Å². The summed E-state index contributed by atoms with van der Waals surface area (Å²) in [6.07, 6.45) is 0.386. The number of nitrogens with one attached hydrogen (secondary N) is 2. The van der Waals surface area contributed by atoms with Gasteiger partial charge in [0.1, 0.15) is 11.8 Å². The highest BCUT2D eigenvalue weighted by molar-refractivity contribution is 7.89. The van der Waals surface area contributed by atoms with Crippen molar-refractivity contribution in [3.8, 4) is 5.75 Å². The number of anilines is 2. The van der Waals surface area contributed by atoms with Crippen LogP contribution in [0.3, 0.4) is 0 Å². The number of fused-ring (bicyclic) bond motifs is 1. The van der Waals surface area contributed by atoms with Crippen molar-refractivity contribution in [1.82, 2.24) is 4.31 Å². The van der Waals surface area contributed by atoms with Gasteiger partial charge in [-0.05, 0) is 69.0 Å². The Morgan fingerprint density at radius 3 is 2.77 bits per heavy atom. The first kappa shape index (κ1) is 21.3. The molecule has 0 saturated carbocycles. The second kappa shape index (κ2) is 7.97. The quantitative estimate of drug-likeness (QED) is 0.756. The fourth-order valence-electron chi connectivity index (χ4n) is 3.88. The van der Waals surface area contributed by atoms with E-state index in [9.17, 15) is 18.0 Å². The van der Waals surface area contributed by atoms with Gasteiger partial charge in [-0.25, -0.2) is 8.42 Å². The Morgan fingerprint density at radius 1 is 1.23 bits per heavy atom. The molecule has 164 valence electrons. The van der Waals surface area contributed by atoms with Crippen LogP contribution in [0.1, 0.15) is 30.9 Å². The summed E-state index contributed by atoms with van der Waals surface area (Å²) in [6, 6.07) is 9.16. The van der Waals surface area contributed by atoms with Gasteiger partial charge in [0.2, 0.25) is 15.9 Å². The maximum atomic E-state index is 13.3. The fourth-order valence-corrected chi connectivity index (χ4v) is 5.56. The molecule has 2 aliphatic rings. The number of carbonyl (C=O) groups excluding carboxylic acids is 2. The number of ether oxygens (including phenoxy) is 1. The number of sulfonamides is 1. The van der Waals surface area contributed by atoms with Crippen molar-refractivity contribution in [2.45, 2.75) is 50.7 Å². The van der Waals surface area contributed by atoms with Crippen LogP contribution >= 0.6 is 0 Å². The molecule has 1 saturated heterocycles. The van der Waals surface area contributed by atoms with Gasteiger partial charge in [-0.3, -0.25) is 9.59 Å². The second-order valence-electron chi connectivity index (χ2n) is 7.92. The van der Waals surface area contributed by atoms with Crippen LogP contribution in [0.25, 0.3) is 0 Å². The van der Waals surface area contributed by atoms with Gasteiger partial charge in [0, 0.05) is 12.2 Å². The standard InChI is InChI=1S/C22H25N3O5S/c1-13-6-4-7-17(14(13)2)23-22(27)19-8-5-11-25(19)31(28,29)16-9-10-20-18(12-16)24-21(26)15(3)30-20/h4,6-7,9-10,12,15,19H,5,8,11H2,1-3H3,(H,23,27)(H,24,26)/t15-,19+/m0/s1. The molecule has 2 N–H and O–H groups in total. The number of hydrogen-bond acceptors (Lipinski definition) is 5. The summed E-state index contributed by atoms with van der Waals surface area (Å²) in [7, 11) is -3.94. The third-order valence-electron chi connectivity index (χ3n) is 5.86. The molecule has 2 aliphatic heterocycles. The molecule has 4 rings (SSSR count). The zero-order valence-electron chi connectivity index (χ0n) is 17.6. The van der Waals surface area contributed by atoms with E-state index >= 15 is 0 Å². The molecule has 2 aromatic rings. The number of carbonyl (C=O) groups is 2. The van der Waals surface area contributed by atoms with Crippen LogP contribution in [0.4, 0.5) is 11.4 Å². The molecule has 0 unspecified atom stereocenters. The SMILES string of the molecule is Cc1cccc(NC(=O)[C@H]2CCCN2S(=O)(=O)c2ccc3c(c2)NC(=O)[C@H](C)O3)c1C. The zero-order chi connectivity index (χ0) is 22.3. The maximum Gasteiger partial charge on any atom is 0.265 e. The Kier molecular flexibility index (Phi) is 5.49. The highest BCUT2D eigenvalue weighted by atomic mass is 32.2. The highest BCUT2D eigenvalue weighted by Crippen LogP contribution is 2.34. The van der Waals surface area contributed by atoms with Gasteiger partial charge >= 0.3 is 0 Å². The highest BCUT2D eigenvalue weighted by Gasteiger charge is 2.40. The molecular weight excluding hydrogens is 418 g/mol. The van der Waals surface area contributed by atoms with Gasteiger partial charge < -0.3 is 15.4 Å². The maximum absolute atomic E-state index is 13.3. The number of benzene rings is 2.